The Morgan fingerprint density at radius 3 is 2.72 bits per heavy atom. The Morgan fingerprint density at radius 1 is 1.16 bits per heavy atom. The second-order valence-corrected chi connectivity index (χ2v) is 5.71. The molecule has 1 aliphatic carbocycles. The van der Waals surface area contributed by atoms with Crippen molar-refractivity contribution in [1.29, 1.82) is 0 Å². The Labute approximate surface area is 147 Å². The lowest BCUT2D eigenvalue weighted by Gasteiger charge is -2.11. The van der Waals surface area contributed by atoms with Gasteiger partial charge in [0.05, 0.1) is 12.7 Å². The quantitative estimate of drug-likeness (QED) is 0.534. The Bertz CT molecular complexity index is 830. The fourth-order valence-electron chi connectivity index (χ4n) is 2.55. The molecular formula is C22H20O3. The van der Waals surface area contributed by atoms with Gasteiger partial charge in [-0.2, -0.15) is 0 Å². The van der Waals surface area contributed by atoms with Crippen LogP contribution in [0.15, 0.2) is 84.5 Å². The molecule has 3 rings (SSSR count). The lowest BCUT2D eigenvalue weighted by atomic mass is 10.1. The van der Waals surface area contributed by atoms with Crippen molar-refractivity contribution in [3.8, 4) is 11.5 Å². The van der Waals surface area contributed by atoms with E-state index in [2.05, 4.69) is 6.08 Å². The molecule has 0 aliphatic heterocycles. The Balaban J connectivity index is 1.79. The van der Waals surface area contributed by atoms with E-state index in [1.165, 1.54) is 0 Å². The van der Waals surface area contributed by atoms with Crippen molar-refractivity contribution in [2.24, 2.45) is 0 Å². The second-order valence-electron chi connectivity index (χ2n) is 5.71. The number of benzene rings is 2. The standard InChI is InChI=1S/C22H20O3/c1-24-19-12-14-22(25-16-18-9-3-2-4-10-18)20(15-19)21(23)13-11-17-7-5-6-8-17/h2-7,9-15H,8,16H2,1H3/b13-11+. The molecule has 1 aliphatic rings. The lowest BCUT2D eigenvalue weighted by molar-refractivity contribution is 0.104. The minimum absolute atomic E-state index is 0.102. The van der Waals surface area contributed by atoms with E-state index in [1.807, 2.05) is 48.6 Å². The molecule has 3 heteroatoms. The molecule has 0 bridgehead atoms. The molecule has 3 nitrogen and oxygen atoms in total. The molecule has 2 aromatic carbocycles. The predicted octanol–water partition coefficient (Wildman–Crippen LogP) is 4.90. The summed E-state index contributed by atoms with van der Waals surface area (Å²) >= 11 is 0. The van der Waals surface area contributed by atoms with Gasteiger partial charge in [-0.05, 0) is 41.8 Å². The van der Waals surface area contributed by atoms with Gasteiger partial charge in [-0.15, -0.1) is 0 Å². The molecule has 0 atom stereocenters. The molecule has 0 fully saturated rings. The molecule has 0 heterocycles. The van der Waals surface area contributed by atoms with Crippen molar-refractivity contribution < 1.29 is 14.3 Å². The predicted molar refractivity (Wildman–Crippen MR) is 99.1 cm³/mol. The minimum Gasteiger partial charge on any atom is -0.497 e. The van der Waals surface area contributed by atoms with Gasteiger partial charge < -0.3 is 9.47 Å². The normalized spacial score (nSPS) is 13.1. The number of hydrogen-bond acceptors (Lipinski definition) is 3. The van der Waals surface area contributed by atoms with Crippen LogP contribution in [0.4, 0.5) is 0 Å². The number of rotatable bonds is 7. The number of carbonyl (C=O) groups excluding carboxylic acids is 1. The van der Waals surface area contributed by atoms with Gasteiger partial charge in [0, 0.05) is 0 Å². The van der Waals surface area contributed by atoms with Crippen LogP contribution in [0.25, 0.3) is 0 Å². The topological polar surface area (TPSA) is 35.5 Å². The SMILES string of the molecule is COc1ccc(OCc2ccccc2)c(C(=O)/C=C/C2=CC=CC2)c1. The van der Waals surface area contributed by atoms with E-state index in [1.54, 1.807) is 31.4 Å². The Morgan fingerprint density at radius 2 is 2.00 bits per heavy atom. The van der Waals surface area contributed by atoms with Gasteiger partial charge in [-0.25, -0.2) is 0 Å². The summed E-state index contributed by atoms with van der Waals surface area (Å²) in [6.45, 7) is 0.409. The van der Waals surface area contributed by atoms with Crippen LogP contribution in [0.1, 0.15) is 22.3 Å². The number of hydrogen-bond donors (Lipinski definition) is 0. The van der Waals surface area contributed by atoms with E-state index in [-0.39, 0.29) is 5.78 Å². The van der Waals surface area contributed by atoms with E-state index in [4.69, 9.17) is 9.47 Å². The largest absolute Gasteiger partial charge is 0.497 e. The third-order valence-electron chi connectivity index (χ3n) is 3.94. The minimum atomic E-state index is -0.102. The summed E-state index contributed by atoms with van der Waals surface area (Å²) in [5.41, 5.74) is 2.66. The fourth-order valence-corrected chi connectivity index (χ4v) is 2.55. The molecule has 0 amide bonds. The van der Waals surface area contributed by atoms with Crippen molar-refractivity contribution in [2.75, 3.05) is 7.11 Å². The number of ether oxygens (including phenoxy) is 2. The summed E-state index contributed by atoms with van der Waals surface area (Å²) in [6, 6.07) is 15.2. The highest BCUT2D eigenvalue weighted by molar-refractivity contribution is 6.07. The van der Waals surface area contributed by atoms with Crippen molar-refractivity contribution in [2.45, 2.75) is 13.0 Å². The van der Waals surface area contributed by atoms with Gasteiger partial charge >= 0.3 is 0 Å². The summed E-state index contributed by atoms with van der Waals surface area (Å²) < 4.78 is 11.1. The highest BCUT2D eigenvalue weighted by Gasteiger charge is 2.12. The van der Waals surface area contributed by atoms with Crippen LogP contribution in [0, 0.1) is 0 Å². The number of allylic oxidation sites excluding steroid dienone is 6. The van der Waals surface area contributed by atoms with Crippen molar-refractivity contribution >= 4 is 5.78 Å². The van der Waals surface area contributed by atoms with E-state index < -0.39 is 0 Å². The highest BCUT2D eigenvalue weighted by Crippen LogP contribution is 2.26. The zero-order valence-electron chi connectivity index (χ0n) is 14.1. The van der Waals surface area contributed by atoms with E-state index >= 15 is 0 Å². The average Bonchev–Trinajstić information content (AvgIpc) is 3.19. The fraction of sp³-hybridized carbons (Fsp3) is 0.136. The van der Waals surface area contributed by atoms with Crippen LogP contribution < -0.4 is 9.47 Å². The molecule has 0 saturated heterocycles. The molecule has 0 radical (unpaired) electrons. The van der Waals surface area contributed by atoms with Crippen molar-refractivity contribution in [3.05, 3.63) is 95.6 Å². The Hall–Kier alpha value is -3.07. The molecule has 0 aromatic heterocycles. The van der Waals surface area contributed by atoms with Crippen LogP contribution in [0.3, 0.4) is 0 Å². The van der Waals surface area contributed by atoms with Crippen LogP contribution in [0.2, 0.25) is 0 Å². The molecule has 0 N–H and O–H groups in total. The van der Waals surface area contributed by atoms with Crippen LogP contribution in [0.5, 0.6) is 11.5 Å². The van der Waals surface area contributed by atoms with Crippen LogP contribution >= 0.6 is 0 Å². The molecular weight excluding hydrogens is 312 g/mol. The summed E-state index contributed by atoms with van der Waals surface area (Å²) in [4.78, 5) is 12.6. The lowest BCUT2D eigenvalue weighted by Crippen LogP contribution is -2.03. The smallest absolute Gasteiger partial charge is 0.189 e. The molecule has 0 saturated carbocycles. The Kier molecular flexibility index (Phi) is 5.47. The van der Waals surface area contributed by atoms with Crippen molar-refractivity contribution in [3.63, 3.8) is 0 Å². The van der Waals surface area contributed by atoms with Gasteiger partial charge in [-0.1, -0.05) is 54.6 Å². The second kappa shape index (κ2) is 8.15. The molecule has 25 heavy (non-hydrogen) atoms. The van der Waals surface area contributed by atoms with Crippen LogP contribution in [-0.2, 0) is 6.61 Å². The summed E-state index contributed by atoms with van der Waals surface area (Å²) in [6.07, 6.45) is 10.3. The van der Waals surface area contributed by atoms with Crippen molar-refractivity contribution in [1.82, 2.24) is 0 Å². The number of methoxy groups -OCH3 is 1. The van der Waals surface area contributed by atoms with E-state index in [9.17, 15) is 4.79 Å². The number of carbonyl (C=O) groups is 1. The average molecular weight is 332 g/mol. The van der Waals surface area contributed by atoms with Gasteiger partial charge in [0.2, 0.25) is 0 Å². The van der Waals surface area contributed by atoms with Gasteiger partial charge in [0.25, 0.3) is 0 Å². The third-order valence-corrected chi connectivity index (χ3v) is 3.94. The first kappa shape index (κ1) is 16.8. The van der Waals surface area contributed by atoms with E-state index in [0.717, 1.165) is 17.6 Å². The monoisotopic (exact) mass is 332 g/mol. The molecule has 2 aromatic rings. The van der Waals surface area contributed by atoms with Crippen LogP contribution in [-0.4, -0.2) is 12.9 Å². The summed E-state index contributed by atoms with van der Waals surface area (Å²) in [5.74, 6) is 1.08. The van der Waals surface area contributed by atoms with Gasteiger partial charge in [0.1, 0.15) is 18.1 Å². The maximum atomic E-state index is 12.6. The highest BCUT2D eigenvalue weighted by atomic mass is 16.5. The summed E-state index contributed by atoms with van der Waals surface area (Å²) in [5, 5.41) is 0. The summed E-state index contributed by atoms with van der Waals surface area (Å²) in [7, 11) is 1.58. The first-order chi connectivity index (χ1) is 12.3. The van der Waals surface area contributed by atoms with Gasteiger partial charge in [0.15, 0.2) is 5.78 Å². The molecule has 0 spiro atoms. The zero-order valence-corrected chi connectivity index (χ0v) is 14.1. The maximum Gasteiger partial charge on any atom is 0.189 e. The van der Waals surface area contributed by atoms with Gasteiger partial charge in [-0.3, -0.25) is 4.79 Å². The molecule has 0 unspecified atom stereocenters. The first-order valence-corrected chi connectivity index (χ1v) is 8.19. The number of ketones is 1. The molecule has 126 valence electrons. The maximum absolute atomic E-state index is 12.6. The first-order valence-electron chi connectivity index (χ1n) is 8.19. The zero-order chi connectivity index (χ0) is 17.5. The third kappa shape index (κ3) is 4.48. The van der Waals surface area contributed by atoms with E-state index in [0.29, 0.717) is 23.7 Å².